The van der Waals surface area contributed by atoms with Gasteiger partial charge in [0.15, 0.2) is 5.69 Å². The van der Waals surface area contributed by atoms with E-state index in [0.29, 0.717) is 17.1 Å². The molecule has 3 aromatic rings. The van der Waals surface area contributed by atoms with Gasteiger partial charge in [0.25, 0.3) is 5.91 Å². The van der Waals surface area contributed by atoms with Crippen molar-refractivity contribution in [2.24, 2.45) is 0 Å². The molecule has 0 bridgehead atoms. The second-order valence-corrected chi connectivity index (χ2v) is 6.56. The number of amides is 3. The van der Waals surface area contributed by atoms with Crippen LogP contribution in [0.15, 0.2) is 54.6 Å². The lowest BCUT2D eigenvalue weighted by atomic mass is 10.1. The van der Waals surface area contributed by atoms with Crippen molar-refractivity contribution in [1.82, 2.24) is 25.6 Å². The second kappa shape index (κ2) is 7.51. The fourth-order valence-corrected chi connectivity index (χ4v) is 2.83. The van der Waals surface area contributed by atoms with Crippen LogP contribution in [0, 0.1) is 0 Å². The smallest absolute Gasteiger partial charge is 0.318 e. The van der Waals surface area contributed by atoms with Crippen molar-refractivity contribution in [3.63, 3.8) is 0 Å². The number of nitrogens with zero attached hydrogens (tertiary/aromatic N) is 3. The SMILES string of the molecule is CNC(=O)Nc1ccc(-n2nnc(C(=O)NC3CC3)c2-c2ccccc2)cc1. The lowest BCUT2D eigenvalue weighted by Gasteiger charge is -2.10. The van der Waals surface area contributed by atoms with Gasteiger partial charge in [0, 0.05) is 24.3 Å². The topological polar surface area (TPSA) is 101 Å². The molecule has 2 aromatic carbocycles. The summed E-state index contributed by atoms with van der Waals surface area (Å²) in [6.07, 6.45) is 2.00. The Morgan fingerprint density at radius 3 is 2.39 bits per heavy atom. The van der Waals surface area contributed by atoms with Crippen molar-refractivity contribution < 1.29 is 9.59 Å². The van der Waals surface area contributed by atoms with Crippen LogP contribution in [0.3, 0.4) is 0 Å². The molecule has 142 valence electrons. The van der Waals surface area contributed by atoms with Gasteiger partial charge in [0.05, 0.1) is 5.69 Å². The zero-order valence-electron chi connectivity index (χ0n) is 15.3. The van der Waals surface area contributed by atoms with E-state index < -0.39 is 0 Å². The summed E-state index contributed by atoms with van der Waals surface area (Å²) < 4.78 is 1.64. The molecular weight excluding hydrogens is 356 g/mol. The zero-order valence-corrected chi connectivity index (χ0v) is 15.3. The van der Waals surface area contributed by atoms with Gasteiger partial charge in [-0.2, -0.15) is 0 Å². The normalized spacial score (nSPS) is 13.0. The molecule has 0 radical (unpaired) electrons. The monoisotopic (exact) mass is 376 g/mol. The Kier molecular flexibility index (Phi) is 4.76. The number of hydrogen-bond acceptors (Lipinski definition) is 4. The third-order valence-electron chi connectivity index (χ3n) is 4.44. The quantitative estimate of drug-likeness (QED) is 0.637. The van der Waals surface area contributed by atoms with E-state index in [1.807, 2.05) is 42.5 Å². The average molecular weight is 376 g/mol. The average Bonchev–Trinajstić information content (AvgIpc) is 3.43. The van der Waals surface area contributed by atoms with Gasteiger partial charge in [-0.15, -0.1) is 5.10 Å². The Morgan fingerprint density at radius 2 is 1.75 bits per heavy atom. The van der Waals surface area contributed by atoms with Gasteiger partial charge < -0.3 is 16.0 Å². The Morgan fingerprint density at radius 1 is 1.04 bits per heavy atom. The van der Waals surface area contributed by atoms with Crippen LogP contribution < -0.4 is 16.0 Å². The molecule has 1 aliphatic carbocycles. The van der Waals surface area contributed by atoms with Gasteiger partial charge in [-0.3, -0.25) is 4.79 Å². The maximum Gasteiger partial charge on any atom is 0.318 e. The first-order valence-corrected chi connectivity index (χ1v) is 9.07. The third-order valence-corrected chi connectivity index (χ3v) is 4.44. The van der Waals surface area contributed by atoms with Crippen LogP contribution in [0.4, 0.5) is 10.5 Å². The summed E-state index contributed by atoms with van der Waals surface area (Å²) in [6.45, 7) is 0. The molecule has 8 nitrogen and oxygen atoms in total. The molecule has 1 heterocycles. The molecule has 1 aliphatic rings. The first kappa shape index (κ1) is 17.7. The highest BCUT2D eigenvalue weighted by atomic mass is 16.2. The Balaban J connectivity index is 1.71. The van der Waals surface area contributed by atoms with Crippen LogP contribution in [0.2, 0.25) is 0 Å². The van der Waals surface area contributed by atoms with E-state index in [-0.39, 0.29) is 18.0 Å². The highest BCUT2D eigenvalue weighted by molar-refractivity contribution is 5.98. The van der Waals surface area contributed by atoms with Gasteiger partial charge in [-0.05, 0) is 37.1 Å². The second-order valence-electron chi connectivity index (χ2n) is 6.56. The number of anilines is 1. The van der Waals surface area contributed by atoms with Crippen LogP contribution in [-0.4, -0.2) is 40.0 Å². The Hall–Kier alpha value is -3.68. The first-order chi connectivity index (χ1) is 13.7. The van der Waals surface area contributed by atoms with E-state index in [1.165, 1.54) is 0 Å². The molecule has 28 heavy (non-hydrogen) atoms. The van der Waals surface area contributed by atoms with Gasteiger partial charge >= 0.3 is 6.03 Å². The van der Waals surface area contributed by atoms with Crippen molar-refractivity contribution in [2.75, 3.05) is 12.4 Å². The minimum absolute atomic E-state index is 0.217. The third kappa shape index (κ3) is 3.71. The highest BCUT2D eigenvalue weighted by Gasteiger charge is 2.28. The van der Waals surface area contributed by atoms with E-state index in [4.69, 9.17) is 0 Å². The summed E-state index contributed by atoms with van der Waals surface area (Å²) in [6, 6.07) is 16.7. The van der Waals surface area contributed by atoms with Gasteiger partial charge in [-0.1, -0.05) is 35.5 Å². The largest absolute Gasteiger partial charge is 0.348 e. The molecule has 1 aromatic heterocycles. The molecule has 8 heteroatoms. The molecule has 0 unspecified atom stereocenters. The van der Waals surface area contributed by atoms with Crippen LogP contribution in [-0.2, 0) is 0 Å². The van der Waals surface area contributed by atoms with Crippen LogP contribution in [0.1, 0.15) is 23.3 Å². The molecule has 0 saturated heterocycles. The summed E-state index contributed by atoms with van der Waals surface area (Å²) >= 11 is 0. The van der Waals surface area contributed by atoms with Crippen molar-refractivity contribution in [2.45, 2.75) is 18.9 Å². The van der Waals surface area contributed by atoms with Crippen LogP contribution >= 0.6 is 0 Å². The van der Waals surface area contributed by atoms with Crippen molar-refractivity contribution in [3.05, 3.63) is 60.3 Å². The molecule has 0 atom stereocenters. The van der Waals surface area contributed by atoms with Gasteiger partial charge in [0.2, 0.25) is 0 Å². The standard InChI is InChI=1S/C20H20N6O2/c1-21-20(28)23-15-9-11-16(12-10-15)26-18(13-5-3-2-4-6-13)17(24-25-26)19(27)22-14-7-8-14/h2-6,9-12,14H,7-8H2,1H3,(H,22,27)(H2,21,23,28). The number of hydrogen-bond donors (Lipinski definition) is 3. The number of carbonyl (C=O) groups is 2. The summed E-state index contributed by atoms with van der Waals surface area (Å²) in [5, 5.41) is 16.6. The molecule has 1 saturated carbocycles. The van der Waals surface area contributed by atoms with E-state index >= 15 is 0 Å². The maximum atomic E-state index is 12.7. The molecule has 3 N–H and O–H groups in total. The fourth-order valence-electron chi connectivity index (χ4n) is 2.83. The zero-order chi connectivity index (χ0) is 19.5. The number of aromatic nitrogens is 3. The molecule has 4 rings (SSSR count). The van der Waals surface area contributed by atoms with E-state index in [2.05, 4.69) is 26.3 Å². The molecule has 0 spiro atoms. The summed E-state index contributed by atoms with van der Waals surface area (Å²) in [7, 11) is 1.56. The Labute approximate surface area is 161 Å². The summed E-state index contributed by atoms with van der Waals surface area (Å²) in [5.74, 6) is -0.217. The molecule has 3 amide bonds. The first-order valence-electron chi connectivity index (χ1n) is 9.07. The maximum absolute atomic E-state index is 12.7. The van der Waals surface area contributed by atoms with E-state index in [1.54, 1.807) is 23.9 Å². The predicted molar refractivity (Wildman–Crippen MR) is 105 cm³/mol. The number of rotatable bonds is 5. The van der Waals surface area contributed by atoms with E-state index in [0.717, 1.165) is 24.1 Å². The summed E-state index contributed by atoms with van der Waals surface area (Å²) in [5.41, 5.74) is 3.16. The lowest BCUT2D eigenvalue weighted by molar-refractivity contribution is 0.0946. The van der Waals surface area contributed by atoms with Gasteiger partial charge in [-0.25, -0.2) is 9.48 Å². The van der Waals surface area contributed by atoms with E-state index in [9.17, 15) is 9.59 Å². The lowest BCUT2D eigenvalue weighted by Crippen LogP contribution is -2.26. The number of nitrogens with one attached hydrogen (secondary N) is 3. The molecule has 0 aliphatic heterocycles. The minimum Gasteiger partial charge on any atom is -0.348 e. The van der Waals surface area contributed by atoms with Crippen molar-refractivity contribution in [3.8, 4) is 16.9 Å². The highest BCUT2D eigenvalue weighted by Crippen LogP contribution is 2.27. The van der Waals surface area contributed by atoms with Gasteiger partial charge in [0.1, 0.15) is 5.69 Å². The van der Waals surface area contributed by atoms with Crippen molar-refractivity contribution >= 4 is 17.6 Å². The molecule has 1 fully saturated rings. The fraction of sp³-hybridized carbons (Fsp3) is 0.200. The number of urea groups is 1. The Bertz CT molecular complexity index is 993. The molecular formula is C20H20N6O2. The van der Waals surface area contributed by atoms with Crippen LogP contribution in [0.5, 0.6) is 0 Å². The number of carbonyl (C=O) groups excluding carboxylic acids is 2. The number of benzene rings is 2. The summed E-state index contributed by atoms with van der Waals surface area (Å²) in [4.78, 5) is 24.1. The predicted octanol–water partition coefficient (Wildman–Crippen LogP) is 2.58. The minimum atomic E-state index is -0.294. The van der Waals surface area contributed by atoms with Crippen LogP contribution in [0.25, 0.3) is 16.9 Å². The van der Waals surface area contributed by atoms with Crippen molar-refractivity contribution in [1.29, 1.82) is 0 Å².